The summed E-state index contributed by atoms with van der Waals surface area (Å²) in [5.74, 6) is -4.65. The molecule has 2 N–H and O–H groups in total. The molecule has 0 spiro atoms. The second-order valence-electron chi connectivity index (χ2n) is 2.69. The highest BCUT2D eigenvalue weighted by Crippen LogP contribution is 2.19. The number of hydrogen-bond donors (Lipinski definition) is 2. The maximum atomic E-state index is 12.2. The van der Waals surface area contributed by atoms with Gasteiger partial charge in [0.25, 0.3) is 0 Å². The molecular formula is C8H7F2NO3S. The topological polar surface area (TPSA) is 78.2 Å². The Labute approximate surface area is 84.5 Å². The van der Waals surface area contributed by atoms with E-state index in [4.69, 9.17) is 9.89 Å². The van der Waals surface area contributed by atoms with E-state index in [1.165, 1.54) is 12.1 Å². The first kappa shape index (κ1) is 11.6. The van der Waals surface area contributed by atoms with E-state index in [0.29, 0.717) is 0 Å². The molecule has 0 radical (unpaired) electrons. The molecular weight excluding hydrogens is 228 g/mol. The lowest BCUT2D eigenvalue weighted by atomic mass is 10.2. The van der Waals surface area contributed by atoms with Crippen LogP contribution in [-0.2, 0) is 9.73 Å². The molecule has 0 aliphatic heterocycles. The van der Waals surface area contributed by atoms with Crippen LogP contribution in [0.1, 0.15) is 10.4 Å². The summed E-state index contributed by atoms with van der Waals surface area (Å²) in [6, 6.07) is 4.22. The zero-order chi connectivity index (χ0) is 11.6. The SMILES string of the molecule is N=[S@@](=O)(c1cccc(C(=O)O)c1)C(F)F. The summed E-state index contributed by atoms with van der Waals surface area (Å²) in [6.45, 7) is 0. The number of alkyl halides is 2. The number of halogens is 2. The van der Waals surface area contributed by atoms with Gasteiger partial charge < -0.3 is 5.11 Å². The Balaban J connectivity index is 3.29. The third-order valence-electron chi connectivity index (χ3n) is 1.68. The maximum Gasteiger partial charge on any atom is 0.335 e. The molecule has 0 aliphatic rings. The van der Waals surface area contributed by atoms with Crippen LogP contribution >= 0.6 is 0 Å². The number of carboxylic acids is 1. The van der Waals surface area contributed by atoms with Gasteiger partial charge in [0.2, 0.25) is 0 Å². The molecule has 1 aromatic rings. The Bertz CT molecular complexity index is 484. The van der Waals surface area contributed by atoms with Crippen LogP contribution < -0.4 is 0 Å². The van der Waals surface area contributed by atoms with E-state index >= 15 is 0 Å². The fraction of sp³-hybridized carbons (Fsp3) is 0.125. The molecule has 0 saturated heterocycles. The average Bonchev–Trinajstić information content (AvgIpc) is 2.17. The Morgan fingerprint density at radius 2 is 2.07 bits per heavy atom. The lowest BCUT2D eigenvalue weighted by molar-refractivity contribution is 0.0696. The number of rotatable bonds is 3. The first-order valence-electron chi connectivity index (χ1n) is 3.75. The molecule has 0 unspecified atom stereocenters. The lowest BCUT2D eigenvalue weighted by Crippen LogP contribution is -2.10. The van der Waals surface area contributed by atoms with Gasteiger partial charge in [0, 0.05) is 0 Å². The second-order valence-corrected chi connectivity index (χ2v) is 4.72. The van der Waals surface area contributed by atoms with Crippen LogP contribution in [-0.4, -0.2) is 21.0 Å². The number of carboxylic acid groups (broad SMARTS) is 1. The largest absolute Gasteiger partial charge is 0.478 e. The van der Waals surface area contributed by atoms with E-state index in [2.05, 4.69) is 0 Å². The van der Waals surface area contributed by atoms with Gasteiger partial charge in [-0.25, -0.2) is 13.8 Å². The van der Waals surface area contributed by atoms with Crippen molar-refractivity contribution in [3.05, 3.63) is 29.8 Å². The Morgan fingerprint density at radius 1 is 1.47 bits per heavy atom. The minimum Gasteiger partial charge on any atom is -0.478 e. The van der Waals surface area contributed by atoms with Crippen LogP contribution in [0.25, 0.3) is 0 Å². The summed E-state index contributed by atoms with van der Waals surface area (Å²) in [5.41, 5.74) is -0.270. The summed E-state index contributed by atoms with van der Waals surface area (Å²) >= 11 is 0. The molecule has 1 atom stereocenters. The van der Waals surface area contributed by atoms with Crippen molar-refractivity contribution >= 4 is 15.7 Å². The average molecular weight is 235 g/mol. The van der Waals surface area contributed by atoms with Crippen molar-refractivity contribution in [2.75, 3.05) is 0 Å². The Morgan fingerprint density at radius 3 is 2.53 bits per heavy atom. The zero-order valence-electron chi connectivity index (χ0n) is 7.31. The smallest absolute Gasteiger partial charge is 0.335 e. The molecule has 0 saturated carbocycles. The Kier molecular flexibility index (Phi) is 3.04. The van der Waals surface area contributed by atoms with Gasteiger partial charge in [0.1, 0.15) is 9.73 Å². The summed E-state index contributed by atoms with van der Waals surface area (Å²) < 4.78 is 42.6. The number of nitrogens with one attached hydrogen (secondary N) is 1. The van der Waals surface area contributed by atoms with E-state index in [1.54, 1.807) is 0 Å². The summed E-state index contributed by atoms with van der Waals surface area (Å²) in [7, 11) is -4.23. The highest BCUT2D eigenvalue weighted by atomic mass is 32.2. The Hall–Kier alpha value is -1.50. The highest BCUT2D eigenvalue weighted by Gasteiger charge is 2.22. The molecule has 0 fully saturated rings. The van der Waals surface area contributed by atoms with Gasteiger partial charge >= 0.3 is 11.7 Å². The molecule has 0 amide bonds. The molecule has 4 nitrogen and oxygen atoms in total. The van der Waals surface area contributed by atoms with Crippen LogP contribution in [0.4, 0.5) is 8.78 Å². The van der Waals surface area contributed by atoms with E-state index in [-0.39, 0.29) is 5.56 Å². The zero-order valence-corrected chi connectivity index (χ0v) is 8.13. The number of hydrogen-bond acceptors (Lipinski definition) is 3. The molecule has 0 aliphatic carbocycles. The van der Waals surface area contributed by atoms with E-state index in [1.807, 2.05) is 0 Å². The van der Waals surface area contributed by atoms with Crippen molar-refractivity contribution < 1.29 is 22.9 Å². The normalized spacial score (nSPS) is 14.9. The quantitative estimate of drug-likeness (QED) is 0.841. The third-order valence-corrected chi connectivity index (χ3v) is 3.14. The predicted octanol–water partition coefficient (Wildman–Crippen LogP) is 2.01. The molecule has 1 aromatic carbocycles. The molecule has 1 rings (SSSR count). The van der Waals surface area contributed by atoms with Crippen LogP contribution in [0.15, 0.2) is 29.2 Å². The van der Waals surface area contributed by atoms with Crippen LogP contribution in [0, 0.1) is 4.78 Å². The van der Waals surface area contributed by atoms with Crippen LogP contribution in [0.5, 0.6) is 0 Å². The number of aromatic carboxylic acids is 1. The van der Waals surface area contributed by atoms with E-state index < -0.39 is 26.4 Å². The van der Waals surface area contributed by atoms with Gasteiger partial charge in [0.05, 0.1) is 10.5 Å². The summed E-state index contributed by atoms with van der Waals surface area (Å²) in [5, 5.41) is 8.57. The number of carbonyl (C=O) groups is 1. The lowest BCUT2D eigenvalue weighted by Gasteiger charge is -2.06. The molecule has 15 heavy (non-hydrogen) atoms. The minimum atomic E-state index is -4.23. The summed E-state index contributed by atoms with van der Waals surface area (Å²) in [4.78, 5) is 10.0. The molecule has 82 valence electrons. The monoisotopic (exact) mass is 235 g/mol. The first-order chi connectivity index (χ1) is 6.85. The molecule has 0 bridgehead atoms. The van der Waals surface area contributed by atoms with Gasteiger partial charge in [-0.3, -0.25) is 0 Å². The van der Waals surface area contributed by atoms with Gasteiger partial charge in [0.15, 0.2) is 0 Å². The van der Waals surface area contributed by atoms with Gasteiger partial charge in [-0.15, -0.1) is 0 Å². The van der Waals surface area contributed by atoms with Crippen molar-refractivity contribution in [2.45, 2.75) is 10.7 Å². The molecule has 7 heteroatoms. The molecule has 0 heterocycles. The van der Waals surface area contributed by atoms with Crippen molar-refractivity contribution in [3.63, 3.8) is 0 Å². The minimum absolute atomic E-state index is 0.270. The van der Waals surface area contributed by atoms with Crippen molar-refractivity contribution in [1.29, 1.82) is 4.78 Å². The maximum absolute atomic E-state index is 12.2. The number of benzene rings is 1. The van der Waals surface area contributed by atoms with Crippen molar-refractivity contribution in [1.82, 2.24) is 0 Å². The second kappa shape index (κ2) is 3.93. The van der Waals surface area contributed by atoms with Crippen LogP contribution in [0.2, 0.25) is 0 Å². The summed E-state index contributed by atoms with van der Waals surface area (Å²) in [6.07, 6.45) is 0. The standard InChI is InChI=1S/C8H7F2NO3S/c9-8(10)15(11,14)6-3-1-2-5(4-6)7(12)13/h1-4,8,11H,(H,12,13)/t15-/m1/s1. The van der Waals surface area contributed by atoms with E-state index in [0.717, 1.165) is 12.1 Å². The van der Waals surface area contributed by atoms with Gasteiger partial charge in [-0.05, 0) is 18.2 Å². The fourth-order valence-corrected chi connectivity index (χ4v) is 1.71. The van der Waals surface area contributed by atoms with Gasteiger partial charge in [-0.1, -0.05) is 6.07 Å². The first-order valence-corrected chi connectivity index (χ1v) is 5.37. The highest BCUT2D eigenvalue weighted by molar-refractivity contribution is 7.92. The fourth-order valence-electron chi connectivity index (χ4n) is 0.921. The molecule has 0 aromatic heterocycles. The van der Waals surface area contributed by atoms with Crippen LogP contribution in [0.3, 0.4) is 0 Å². The predicted molar refractivity (Wildman–Crippen MR) is 48.5 cm³/mol. The third kappa shape index (κ3) is 2.30. The van der Waals surface area contributed by atoms with Crippen molar-refractivity contribution in [3.8, 4) is 0 Å². The van der Waals surface area contributed by atoms with Crippen molar-refractivity contribution in [2.24, 2.45) is 0 Å². The van der Waals surface area contributed by atoms with Gasteiger partial charge in [-0.2, -0.15) is 8.78 Å². The van der Waals surface area contributed by atoms with E-state index in [9.17, 15) is 17.8 Å².